The van der Waals surface area contributed by atoms with Gasteiger partial charge < -0.3 is 14.4 Å². The third-order valence-electron chi connectivity index (χ3n) is 7.49. The van der Waals surface area contributed by atoms with E-state index in [1.807, 2.05) is 29.8 Å². The summed E-state index contributed by atoms with van der Waals surface area (Å²) in [5, 5.41) is 9.61. The Bertz CT molecular complexity index is 1490. The Hall–Kier alpha value is -4.31. The number of hydrogen-bond acceptors (Lipinski definition) is 7. The molecule has 10 heteroatoms. The molecule has 214 valence electrons. The van der Waals surface area contributed by atoms with E-state index in [0.29, 0.717) is 43.3 Å². The Balaban J connectivity index is 1.27. The normalized spacial score (nSPS) is 13.4. The molecule has 0 unspecified atom stereocenters. The highest BCUT2D eigenvalue weighted by Crippen LogP contribution is 2.26. The molecule has 2 amide bonds. The predicted octanol–water partition coefficient (Wildman–Crippen LogP) is 5.01. The summed E-state index contributed by atoms with van der Waals surface area (Å²) >= 11 is 0. The second kappa shape index (κ2) is 13.4. The van der Waals surface area contributed by atoms with Crippen molar-refractivity contribution in [1.82, 2.24) is 24.6 Å². The van der Waals surface area contributed by atoms with E-state index < -0.39 is 6.09 Å². The molecule has 2 aromatic carbocycles. The smallest absolute Gasteiger partial charge is 0.412 e. The highest BCUT2D eigenvalue weighted by atomic mass is 16.6. The summed E-state index contributed by atoms with van der Waals surface area (Å²) in [7, 11) is 1.54. The fourth-order valence-corrected chi connectivity index (χ4v) is 5.39. The van der Waals surface area contributed by atoms with Crippen molar-refractivity contribution in [1.29, 1.82) is 0 Å². The zero-order chi connectivity index (χ0) is 28.6. The molecule has 1 aliphatic rings. The summed E-state index contributed by atoms with van der Waals surface area (Å²) in [5.41, 5.74) is 1.77. The molecule has 10 nitrogen and oxygen atoms in total. The molecule has 5 rings (SSSR count). The lowest BCUT2D eigenvalue weighted by Gasteiger charge is -2.29. The maximum atomic E-state index is 13.7. The maximum absolute atomic E-state index is 13.7. The Morgan fingerprint density at radius 3 is 2.71 bits per heavy atom. The maximum Gasteiger partial charge on any atom is 0.412 e. The highest BCUT2D eigenvalue weighted by molar-refractivity contribution is 5.90. The Morgan fingerprint density at radius 2 is 1.88 bits per heavy atom. The third kappa shape index (κ3) is 7.07. The number of ether oxygens (including phenoxy) is 2. The number of aryl methyl sites for hydroxylation is 1. The minimum absolute atomic E-state index is 0.147. The highest BCUT2D eigenvalue weighted by Gasteiger charge is 2.27. The number of fused-ring (bicyclic) bond motifs is 1. The molecular formula is C31H36N6O4. The van der Waals surface area contributed by atoms with Gasteiger partial charge in [0.05, 0.1) is 19.6 Å². The molecular weight excluding hydrogens is 520 g/mol. The number of amides is 2. The summed E-state index contributed by atoms with van der Waals surface area (Å²) in [6, 6.07) is 18.1. The summed E-state index contributed by atoms with van der Waals surface area (Å²) < 4.78 is 11.8. The number of nitrogens with zero attached hydrogens (tertiary/aromatic N) is 5. The van der Waals surface area contributed by atoms with Gasteiger partial charge in [-0.3, -0.25) is 10.1 Å². The van der Waals surface area contributed by atoms with E-state index >= 15 is 0 Å². The van der Waals surface area contributed by atoms with Gasteiger partial charge in [0.25, 0.3) is 0 Å². The molecule has 0 saturated heterocycles. The Kier molecular flexibility index (Phi) is 9.20. The van der Waals surface area contributed by atoms with Crippen molar-refractivity contribution in [2.45, 2.75) is 51.6 Å². The van der Waals surface area contributed by atoms with Gasteiger partial charge in [0, 0.05) is 31.5 Å². The topological polar surface area (TPSA) is 111 Å². The van der Waals surface area contributed by atoms with Gasteiger partial charge in [0.1, 0.15) is 18.2 Å². The van der Waals surface area contributed by atoms with Crippen molar-refractivity contribution in [2.75, 3.05) is 32.2 Å². The molecule has 0 radical (unpaired) electrons. The number of hydrogen-bond donors (Lipinski definition) is 1. The lowest BCUT2D eigenvalue weighted by Crippen LogP contribution is -2.42. The summed E-state index contributed by atoms with van der Waals surface area (Å²) in [6.45, 7) is 3.47. The molecule has 4 aromatic rings. The van der Waals surface area contributed by atoms with Crippen molar-refractivity contribution in [2.24, 2.45) is 0 Å². The van der Waals surface area contributed by atoms with Crippen molar-refractivity contribution >= 4 is 28.6 Å². The first-order valence-corrected chi connectivity index (χ1v) is 14.1. The van der Waals surface area contributed by atoms with E-state index in [1.54, 1.807) is 18.3 Å². The van der Waals surface area contributed by atoms with Gasteiger partial charge in [0.15, 0.2) is 5.82 Å². The molecule has 41 heavy (non-hydrogen) atoms. The first-order chi connectivity index (χ1) is 20.0. The number of anilines is 1. The van der Waals surface area contributed by atoms with E-state index in [4.69, 9.17) is 14.6 Å². The molecule has 1 N–H and O–H groups in total. The number of methoxy groups -OCH3 is 1. The second-order valence-corrected chi connectivity index (χ2v) is 10.2. The van der Waals surface area contributed by atoms with Gasteiger partial charge in [-0.2, -0.15) is 5.10 Å². The molecule has 2 aromatic heterocycles. The van der Waals surface area contributed by atoms with Crippen LogP contribution in [0.1, 0.15) is 37.1 Å². The van der Waals surface area contributed by atoms with Gasteiger partial charge in [-0.15, -0.1) is 0 Å². The predicted molar refractivity (Wildman–Crippen MR) is 156 cm³/mol. The number of carbonyl (C=O) groups excluding carboxylic acids is 2. The Morgan fingerprint density at radius 1 is 1.07 bits per heavy atom. The quantitative estimate of drug-likeness (QED) is 0.259. The fraction of sp³-hybridized carbons (Fsp3) is 0.387. The molecule has 2 heterocycles. The minimum Gasteiger partial charge on any atom is -0.447 e. The molecule has 1 fully saturated rings. The van der Waals surface area contributed by atoms with Crippen LogP contribution in [0.25, 0.3) is 22.2 Å². The van der Waals surface area contributed by atoms with Crippen LogP contribution in [0, 0.1) is 6.92 Å². The minimum atomic E-state index is -0.610. The van der Waals surface area contributed by atoms with Gasteiger partial charge in [-0.05, 0) is 48.2 Å². The first kappa shape index (κ1) is 28.2. The number of carbonyl (C=O) groups is 2. The average molecular weight is 557 g/mol. The van der Waals surface area contributed by atoms with Crippen molar-refractivity contribution in [3.05, 3.63) is 72.2 Å². The van der Waals surface area contributed by atoms with Crippen LogP contribution in [0.2, 0.25) is 0 Å². The molecule has 1 saturated carbocycles. The Labute approximate surface area is 239 Å². The zero-order valence-electron chi connectivity index (χ0n) is 23.6. The van der Waals surface area contributed by atoms with Crippen LogP contribution in [0.15, 0.2) is 60.8 Å². The molecule has 0 bridgehead atoms. The van der Waals surface area contributed by atoms with Gasteiger partial charge in [0.2, 0.25) is 5.91 Å². The monoisotopic (exact) mass is 556 g/mol. The first-order valence-electron chi connectivity index (χ1n) is 14.1. The molecule has 0 spiro atoms. The molecule has 0 atom stereocenters. The molecule has 1 aliphatic carbocycles. The van der Waals surface area contributed by atoms with E-state index in [2.05, 4.69) is 44.5 Å². The summed E-state index contributed by atoms with van der Waals surface area (Å²) in [5.74, 6) is 1.76. The van der Waals surface area contributed by atoms with Gasteiger partial charge >= 0.3 is 6.09 Å². The van der Waals surface area contributed by atoms with Crippen LogP contribution in [0.3, 0.4) is 0 Å². The number of nitrogens with one attached hydrogen (secondary N) is 1. The number of benzene rings is 2. The van der Waals surface area contributed by atoms with E-state index in [0.717, 1.165) is 47.8 Å². The number of aromatic nitrogens is 4. The van der Waals surface area contributed by atoms with E-state index in [9.17, 15) is 9.59 Å². The van der Waals surface area contributed by atoms with Crippen molar-refractivity contribution < 1.29 is 19.1 Å². The van der Waals surface area contributed by atoms with Crippen LogP contribution in [0.5, 0.6) is 0 Å². The van der Waals surface area contributed by atoms with E-state index in [1.165, 1.54) is 7.11 Å². The van der Waals surface area contributed by atoms with Crippen LogP contribution >= 0.6 is 0 Å². The zero-order valence-corrected chi connectivity index (χ0v) is 23.6. The number of rotatable bonds is 11. The van der Waals surface area contributed by atoms with Crippen LogP contribution in [0.4, 0.5) is 10.6 Å². The third-order valence-corrected chi connectivity index (χ3v) is 7.49. The van der Waals surface area contributed by atoms with Crippen LogP contribution in [-0.2, 0) is 27.2 Å². The van der Waals surface area contributed by atoms with Crippen LogP contribution < -0.4 is 5.32 Å². The lowest BCUT2D eigenvalue weighted by atomic mass is 10.0. The summed E-state index contributed by atoms with van der Waals surface area (Å²) in [6.07, 6.45) is 5.71. The fourth-order valence-electron chi connectivity index (χ4n) is 5.39. The SMILES string of the molecule is COCCOC(=O)Nc1cc(-c2nc(C)n(CCN(C(=O)Cc3cccc4ccccc34)C3CCCC3)n2)ccn1. The average Bonchev–Trinajstić information content (AvgIpc) is 3.64. The standard InChI is InChI=1S/C31H36N6O4/c1-22-33-30(25-14-15-32-28(20-25)34-31(39)41-19-18-40-2)35-37(22)17-16-36(26-11-4-5-12-26)29(38)21-24-10-7-9-23-8-3-6-13-27(23)24/h3,6-10,13-15,20,26H,4-5,11-12,16-19,21H2,1-2H3,(H,32,34,39). The van der Waals surface area contributed by atoms with Crippen molar-refractivity contribution in [3.8, 4) is 11.4 Å². The largest absolute Gasteiger partial charge is 0.447 e. The van der Waals surface area contributed by atoms with Crippen LogP contribution in [-0.4, -0.2) is 69.6 Å². The summed E-state index contributed by atoms with van der Waals surface area (Å²) in [4.78, 5) is 36.6. The lowest BCUT2D eigenvalue weighted by molar-refractivity contribution is -0.132. The second-order valence-electron chi connectivity index (χ2n) is 10.2. The number of pyridine rings is 1. The van der Waals surface area contributed by atoms with Gasteiger partial charge in [-0.1, -0.05) is 55.3 Å². The van der Waals surface area contributed by atoms with Crippen molar-refractivity contribution in [3.63, 3.8) is 0 Å². The molecule has 0 aliphatic heterocycles. The van der Waals surface area contributed by atoms with E-state index in [-0.39, 0.29) is 18.6 Å². The van der Waals surface area contributed by atoms with Gasteiger partial charge in [-0.25, -0.2) is 19.4 Å².